The summed E-state index contributed by atoms with van der Waals surface area (Å²) >= 11 is 0. The molecule has 3 rings (SSSR count). The van der Waals surface area contributed by atoms with Crippen molar-refractivity contribution in [2.24, 2.45) is 0 Å². The number of aryl methyl sites for hydroxylation is 2. The molecule has 142 valence electrons. The van der Waals surface area contributed by atoms with Gasteiger partial charge in [0.15, 0.2) is 0 Å². The summed E-state index contributed by atoms with van der Waals surface area (Å²) < 4.78 is 5.04. The zero-order valence-electron chi connectivity index (χ0n) is 15.8. The summed E-state index contributed by atoms with van der Waals surface area (Å²) in [5.74, 6) is -0.244. The Morgan fingerprint density at radius 2 is 1.81 bits per heavy atom. The van der Waals surface area contributed by atoms with Crippen molar-refractivity contribution >= 4 is 17.5 Å². The highest BCUT2D eigenvalue weighted by atomic mass is 16.4. The summed E-state index contributed by atoms with van der Waals surface area (Å²) in [4.78, 5) is 40.3. The molecule has 1 fully saturated rings. The zero-order valence-corrected chi connectivity index (χ0v) is 15.8. The van der Waals surface area contributed by atoms with Crippen molar-refractivity contribution in [1.82, 2.24) is 4.90 Å². The second-order valence-corrected chi connectivity index (χ2v) is 6.93. The minimum absolute atomic E-state index is 0.0913. The number of nitrogens with one attached hydrogen (secondary N) is 2. The first kappa shape index (κ1) is 18.8. The Morgan fingerprint density at radius 3 is 2.48 bits per heavy atom. The molecule has 0 atom stereocenters. The van der Waals surface area contributed by atoms with Crippen LogP contribution in [0.3, 0.4) is 0 Å². The van der Waals surface area contributed by atoms with Gasteiger partial charge in [0.2, 0.25) is 0 Å². The van der Waals surface area contributed by atoms with Crippen molar-refractivity contribution in [3.8, 4) is 0 Å². The zero-order chi connectivity index (χ0) is 19.6. The molecule has 1 aliphatic heterocycles. The Hall–Kier alpha value is -2.93. The van der Waals surface area contributed by atoms with Crippen molar-refractivity contribution in [2.45, 2.75) is 13.8 Å². The standard InChI is InChI=1S/C20H23N3O4/c1-13-12-17(24)27-14(2)18(13)19(25)21-16-7-5-4-6-15(16)20(26)23-10-8-22(3)9-11-23/h4-7,12H,8-11H2,1-3H3,(H,21,25)/p+1. The van der Waals surface area contributed by atoms with Crippen molar-refractivity contribution < 1.29 is 18.9 Å². The molecule has 1 saturated heterocycles. The van der Waals surface area contributed by atoms with Crippen molar-refractivity contribution in [3.63, 3.8) is 0 Å². The third-order valence-electron chi connectivity index (χ3n) is 4.87. The summed E-state index contributed by atoms with van der Waals surface area (Å²) in [5.41, 5.74) is 1.25. The SMILES string of the molecule is Cc1cc(=O)oc(C)c1C(=O)Nc1ccccc1C(=O)N1CC[NH+](C)CC1. The normalized spacial score (nSPS) is 14.9. The molecule has 1 aliphatic rings. The molecule has 0 spiro atoms. The third kappa shape index (κ3) is 4.09. The number of benzene rings is 1. The molecule has 2 aromatic rings. The summed E-state index contributed by atoms with van der Waals surface area (Å²) in [7, 11) is 2.11. The van der Waals surface area contributed by atoms with Crippen LogP contribution in [0, 0.1) is 13.8 Å². The molecule has 1 aromatic carbocycles. The van der Waals surface area contributed by atoms with Crippen molar-refractivity contribution in [1.29, 1.82) is 0 Å². The van der Waals surface area contributed by atoms with Gasteiger partial charge in [-0.1, -0.05) is 12.1 Å². The Labute approximate surface area is 157 Å². The monoisotopic (exact) mass is 370 g/mol. The lowest BCUT2D eigenvalue weighted by molar-refractivity contribution is -0.883. The van der Waals surface area contributed by atoms with Crippen LogP contribution in [0.1, 0.15) is 32.0 Å². The molecular formula is C20H24N3O4+. The molecule has 2 amide bonds. The first-order valence-electron chi connectivity index (χ1n) is 8.99. The summed E-state index contributed by atoms with van der Waals surface area (Å²) in [6.07, 6.45) is 0. The van der Waals surface area contributed by atoms with Gasteiger partial charge in [-0.15, -0.1) is 0 Å². The third-order valence-corrected chi connectivity index (χ3v) is 4.87. The Kier molecular flexibility index (Phi) is 5.41. The topological polar surface area (TPSA) is 84.1 Å². The molecule has 7 nitrogen and oxygen atoms in total. The number of anilines is 1. The van der Waals surface area contributed by atoms with Gasteiger partial charge in [0.05, 0.1) is 50.0 Å². The summed E-state index contributed by atoms with van der Waals surface area (Å²) in [6, 6.07) is 8.25. The number of likely N-dealkylation sites (N-methyl/N-ethyl adjacent to an activating group) is 1. The number of carbonyl (C=O) groups excluding carboxylic acids is 2. The van der Waals surface area contributed by atoms with E-state index in [1.54, 1.807) is 38.1 Å². The van der Waals surface area contributed by atoms with E-state index in [1.807, 2.05) is 4.90 Å². The minimum atomic E-state index is -0.491. The van der Waals surface area contributed by atoms with E-state index in [9.17, 15) is 14.4 Å². The number of quaternary nitrogens is 1. The molecular weight excluding hydrogens is 346 g/mol. The molecule has 27 heavy (non-hydrogen) atoms. The van der Waals surface area contributed by atoms with E-state index in [0.717, 1.165) is 13.1 Å². The van der Waals surface area contributed by atoms with Crippen LogP contribution in [0.4, 0.5) is 5.69 Å². The van der Waals surface area contributed by atoms with E-state index in [4.69, 9.17) is 4.42 Å². The maximum atomic E-state index is 12.9. The Morgan fingerprint density at radius 1 is 1.15 bits per heavy atom. The molecule has 7 heteroatoms. The van der Waals surface area contributed by atoms with Crippen LogP contribution in [0.5, 0.6) is 0 Å². The van der Waals surface area contributed by atoms with E-state index in [2.05, 4.69) is 12.4 Å². The predicted molar refractivity (Wildman–Crippen MR) is 101 cm³/mol. The molecule has 0 unspecified atom stereocenters. The number of hydrogen-bond acceptors (Lipinski definition) is 4. The highest BCUT2D eigenvalue weighted by molar-refractivity contribution is 6.09. The lowest BCUT2D eigenvalue weighted by Gasteiger charge is -2.30. The largest absolute Gasteiger partial charge is 0.427 e. The van der Waals surface area contributed by atoms with Crippen LogP contribution in [-0.2, 0) is 0 Å². The number of nitrogens with zero attached hydrogens (tertiary/aromatic N) is 1. The van der Waals surface area contributed by atoms with E-state index in [1.165, 1.54) is 11.0 Å². The highest BCUT2D eigenvalue weighted by Crippen LogP contribution is 2.20. The fraction of sp³-hybridized carbons (Fsp3) is 0.350. The fourth-order valence-corrected chi connectivity index (χ4v) is 3.32. The van der Waals surface area contributed by atoms with Crippen molar-refractivity contribution in [3.05, 3.63) is 63.2 Å². The van der Waals surface area contributed by atoms with E-state index in [-0.39, 0.29) is 11.7 Å². The van der Waals surface area contributed by atoms with Crippen LogP contribution < -0.4 is 15.8 Å². The van der Waals surface area contributed by atoms with Gasteiger partial charge in [-0.25, -0.2) is 4.79 Å². The number of hydrogen-bond donors (Lipinski definition) is 2. The number of para-hydroxylation sites is 1. The molecule has 2 heterocycles. The maximum Gasteiger partial charge on any atom is 0.336 e. The second-order valence-electron chi connectivity index (χ2n) is 6.93. The smallest absolute Gasteiger partial charge is 0.336 e. The quantitative estimate of drug-likeness (QED) is 0.823. The van der Waals surface area contributed by atoms with E-state index in [0.29, 0.717) is 35.5 Å². The van der Waals surface area contributed by atoms with E-state index >= 15 is 0 Å². The minimum Gasteiger partial charge on any atom is -0.427 e. The van der Waals surface area contributed by atoms with Crippen LogP contribution in [0.2, 0.25) is 0 Å². The number of amides is 2. The van der Waals surface area contributed by atoms with Crippen LogP contribution in [-0.4, -0.2) is 49.9 Å². The number of carbonyl (C=O) groups is 2. The Bertz CT molecular complexity index is 901. The lowest BCUT2D eigenvalue weighted by atomic mass is 10.1. The molecule has 1 aromatic heterocycles. The van der Waals surface area contributed by atoms with Crippen molar-refractivity contribution in [2.75, 3.05) is 38.5 Å². The van der Waals surface area contributed by atoms with Gasteiger partial charge < -0.3 is 19.5 Å². The first-order chi connectivity index (χ1) is 12.9. The van der Waals surface area contributed by atoms with Gasteiger partial charge in [0, 0.05) is 6.07 Å². The summed E-state index contributed by atoms with van der Waals surface area (Å²) in [5, 5.41) is 2.80. The number of rotatable bonds is 3. The lowest BCUT2D eigenvalue weighted by Crippen LogP contribution is -3.12. The maximum absolute atomic E-state index is 12.9. The van der Waals surface area contributed by atoms with Gasteiger partial charge >= 0.3 is 5.63 Å². The second kappa shape index (κ2) is 7.75. The van der Waals surface area contributed by atoms with Gasteiger partial charge in [0.1, 0.15) is 5.76 Å². The van der Waals surface area contributed by atoms with Gasteiger partial charge in [0.25, 0.3) is 11.8 Å². The molecule has 0 radical (unpaired) electrons. The highest BCUT2D eigenvalue weighted by Gasteiger charge is 2.25. The van der Waals surface area contributed by atoms with Gasteiger partial charge in [-0.3, -0.25) is 9.59 Å². The predicted octanol–water partition coefficient (Wildman–Crippen LogP) is 0.479. The average molecular weight is 370 g/mol. The first-order valence-corrected chi connectivity index (χ1v) is 8.99. The molecule has 2 N–H and O–H groups in total. The van der Waals surface area contributed by atoms with Crippen LogP contribution >= 0.6 is 0 Å². The van der Waals surface area contributed by atoms with E-state index < -0.39 is 11.5 Å². The fourth-order valence-electron chi connectivity index (χ4n) is 3.32. The molecule has 0 saturated carbocycles. The Balaban J connectivity index is 1.85. The van der Waals surface area contributed by atoms with Crippen LogP contribution in [0.15, 0.2) is 39.5 Å². The molecule has 0 bridgehead atoms. The molecule has 0 aliphatic carbocycles. The average Bonchev–Trinajstić information content (AvgIpc) is 2.61. The van der Waals surface area contributed by atoms with Gasteiger partial charge in [-0.2, -0.15) is 0 Å². The van der Waals surface area contributed by atoms with Gasteiger partial charge in [-0.05, 0) is 31.5 Å². The number of piperazine rings is 1. The summed E-state index contributed by atoms with van der Waals surface area (Å²) in [6.45, 7) is 6.45. The van der Waals surface area contributed by atoms with Crippen LogP contribution in [0.25, 0.3) is 0 Å².